The molecule has 1 aromatic carbocycles. The van der Waals surface area contributed by atoms with Crippen LogP contribution >= 0.6 is 0 Å². The molecule has 2 aliphatic carbocycles. The number of nitrogens with two attached hydrogens (primary N) is 1. The van der Waals surface area contributed by atoms with Gasteiger partial charge in [0.1, 0.15) is 11.5 Å². The average molecular weight is 463 g/mol. The molecule has 0 radical (unpaired) electrons. The van der Waals surface area contributed by atoms with E-state index in [1.807, 2.05) is 39.9 Å². The maximum atomic E-state index is 13.1. The Morgan fingerprint density at radius 3 is 2.71 bits per heavy atom. The fourth-order valence-electron chi connectivity index (χ4n) is 4.58. The lowest BCUT2D eigenvalue weighted by Crippen LogP contribution is -2.39. The van der Waals surface area contributed by atoms with E-state index in [2.05, 4.69) is 26.6 Å². The first-order valence-electron chi connectivity index (χ1n) is 12.0. The highest BCUT2D eigenvalue weighted by atomic mass is 16.2. The summed E-state index contributed by atoms with van der Waals surface area (Å²) in [5, 5.41) is 12.2. The zero-order chi connectivity index (χ0) is 23.5. The van der Waals surface area contributed by atoms with Gasteiger partial charge >= 0.3 is 5.69 Å². The van der Waals surface area contributed by atoms with Crippen LogP contribution in [0.5, 0.6) is 0 Å². The average Bonchev–Trinajstić information content (AvgIpc) is 3.59. The van der Waals surface area contributed by atoms with Crippen molar-refractivity contribution in [1.82, 2.24) is 29.8 Å². The summed E-state index contributed by atoms with van der Waals surface area (Å²) in [6.45, 7) is 1.20. The summed E-state index contributed by atoms with van der Waals surface area (Å²) in [5.74, 6) is 0.848. The second-order valence-corrected chi connectivity index (χ2v) is 9.12. The molecule has 0 atom stereocenters. The Hall–Kier alpha value is -3.69. The van der Waals surface area contributed by atoms with Gasteiger partial charge in [-0.05, 0) is 60.9 Å². The molecule has 2 aliphatic rings. The lowest BCUT2D eigenvalue weighted by Gasteiger charge is -2.27. The van der Waals surface area contributed by atoms with Crippen molar-refractivity contribution in [1.29, 1.82) is 0 Å². The molecule has 0 amide bonds. The van der Waals surface area contributed by atoms with Gasteiger partial charge in [-0.25, -0.2) is 9.48 Å². The fraction of sp³-hybridized carbons (Fsp3) is 0.458. The molecule has 0 aliphatic heterocycles. The van der Waals surface area contributed by atoms with Crippen molar-refractivity contribution in [2.24, 2.45) is 0 Å². The van der Waals surface area contributed by atoms with Crippen molar-refractivity contribution in [3.8, 4) is 0 Å². The van der Waals surface area contributed by atoms with Gasteiger partial charge in [-0.1, -0.05) is 42.0 Å². The Balaban J connectivity index is 1.50. The molecule has 10 nitrogen and oxygen atoms in total. The van der Waals surface area contributed by atoms with Gasteiger partial charge in [0.05, 0.1) is 19.1 Å². The highest BCUT2D eigenvalue weighted by Crippen LogP contribution is 2.35. The van der Waals surface area contributed by atoms with Gasteiger partial charge in [0.2, 0.25) is 0 Å². The smallest absolute Gasteiger partial charge is 0.330 e. The predicted molar refractivity (Wildman–Crippen MR) is 130 cm³/mol. The molecular formula is C24H30N8O2. The number of H-pyrrole nitrogens is 1. The standard InChI is InChI=1S/C24H30N8O2/c25-22-21(23(33)26-24(34)31(22)15-18-9-5-2-6-10-18)30(14-13-17-7-3-1-4-8-17)16-20-27-28-29-32(20)19-11-12-19/h2,5-7,9-10,19H,1,3-4,8,11-16,25H2,(H,26,33,34). The number of aromatic nitrogens is 6. The number of nitrogens with zero attached hydrogens (tertiary/aromatic N) is 6. The van der Waals surface area contributed by atoms with E-state index in [1.165, 1.54) is 23.0 Å². The number of allylic oxidation sites excluding steroid dienone is 1. The van der Waals surface area contributed by atoms with Crippen LogP contribution in [0, 0.1) is 0 Å². The second kappa shape index (κ2) is 9.66. The number of benzene rings is 1. The van der Waals surface area contributed by atoms with Gasteiger partial charge in [-0.2, -0.15) is 0 Å². The maximum absolute atomic E-state index is 13.1. The van der Waals surface area contributed by atoms with Crippen molar-refractivity contribution in [2.45, 2.75) is 64.1 Å². The van der Waals surface area contributed by atoms with Crippen LogP contribution in [0.1, 0.15) is 62.4 Å². The Morgan fingerprint density at radius 2 is 1.97 bits per heavy atom. The number of hydrogen-bond donors (Lipinski definition) is 2. The molecule has 2 heterocycles. The highest BCUT2D eigenvalue weighted by molar-refractivity contribution is 5.62. The van der Waals surface area contributed by atoms with E-state index in [1.54, 1.807) is 0 Å². The monoisotopic (exact) mass is 462 g/mol. The van der Waals surface area contributed by atoms with Crippen molar-refractivity contribution < 1.29 is 0 Å². The Kier molecular flexibility index (Phi) is 6.29. The van der Waals surface area contributed by atoms with Crippen LogP contribution in [0.2, 0.25) is 0 Å². The third kappa shape index (κ3) is 4.80. The number of rotatable bonds is 9. The minimum atomic E-state index is -0.521. The SMILES string of the molecule is Nc1c(N(CCC2=CCCCC2)Cc2nnnn2C2CC2)c(=O)[nH]c(=O)n1Cc1ccccc1. The van der Waals surface area contributed by atoms with Gasteiger partial charge < -0.3 is 10.6 Å². The quantitative estimate of drug-likeness (QED) is 0.467. The van der Waals surface area contributed by atoms with Gasteiger partial charge in [0, 0.05) is 6.54 Å². The summed E-state index contributed by atoms with van der Waals surface area (Å²) in [5.41, 5.74) is 8.10. The van der Waals surface area contributed by atoms with Crippen molar-refractivity contribution >= 4 is 11.5 Å². The van der Waals surface area contributed by atoms with E-state index in [0.717, 1.165) is 37.7 Å². The number of nitrogen functional groups attached to an aromatic ring is 1. The van der Waals surface area contributed by atoms with Crippen LogP contribution in [0.4, 0.5) is 11.5 Å². The third-order valence-corrected chi connectivity index (χ3v) is 6.59. The second-order valence-electron chi connectivity index (χ2n) is 9.12. The molecule has 10 heteroatoms. The van der Waals surface area contributed by atoms with E-state index in [4.69, 9.17) is 5.73 Å². The summed E-state index contributed by atoms with van der Waals surface area (Å²) >= 11 is 0. The number of anilines is 2. The zero-order valence-corrected chi connectivity index (χ0v) is 19.2. The molecule has 3 N–H and O–H groups in total. The molecular weight excluding hydrogens is 432 g/mol. The molecule has 34 heavy (non-hydrogen) atoms. The molecule has 2 aromatic heterocycles. The van der Waals surface area contributed by atoms with Crippen LogP contribution in [-0.4, -0.2) is 36.3 Å². The molecule has 0 spiro atoms. The normalized spacial score (nSPS) is 15.8. The Labute approximate surface area is 197 Å². The summed E-state index contributed by atoms with van der Waals surface area (Å²) in [6.07, 6.45) is 9.82. The molecule has 3 aromatic rings. The summed E-state index contributed by atoms with van der Waals surface area (Å²) in [6, 6.07) is 9.90. The van der Waals surface area contributed by atoms with Crippen molar-refractivity contribution in [3.63, 3.8) is 0 Å². The van der Waals surface area contributed by atoms with Crippen LogP contribution in [0.15, 0.2) is 51.6 Å². The molecule has 0 bridgehead atoms. The lowest BCUT2D eigenvalue weighted by atomic mass is 9.97. The maximum Gasteiger partial charge on any atom is 0.330 e. The first-order chi connectivity index (χ1) is 16.6. The minimum absolute atomic E-state index is 0.153. The van der Waals surface area contributed by atoms with E-state index in [0.29, 0.717) is 25.0 Å². The number of hydrogen-bond acceptors (Lipinski definition) is 7. The number of tetrazole rings is 1. The van der Waals surface area contributed by atoms with Crippen LogP contribution in [0.25, 0.3) is 0 Å². The first kappa shape index (κ1) is 22.1. The summed E-state index contributed by atoms with van der Waals surface area (Å²) in [4.78, 5) is 30.1. The minimum Gasteiger partial charge on any atom is -0.383 e. The summed E-state index contributed by atoms with van der Waals surface area (Å²) in [7, 11) is 0. The molecule has 0 saturated heterocycles. The molecule has 0 unspecified atom stereocenters. The molecule has 1 saturated carbocycles. The Morgan fingerprint density at radius 1 is 1.15 bits per heavy atom. The van der Waals surface area contributed by atoms with Crippen molar-refractivity contribution in [2.75, 3.05) is 17.2 Å². The topological polar surface area (TPSA) is 128 Å². The van der Waals surface area contributed by atoms with Crippen LogP contribution in [0.3, 0.4) is 0 Å². The third-order valence-electron chi connectivity index (χ3n) is 6.59. The highest BCUT2D eigenvalue weighted by Gasteiger charge is 2.29. The number of aromatic amines is 1. The number of nitrogens with one attached hydrogen (secondary N) is 1. The Bertz CT molecular complexity index is 1290. The van der Waals surface area contributed by atoms with Gasteiger partial charge in [0.15, 0.2) is 5.82 Å². The largest absolute Gasteiger partial charge is 0.383 e. The fourth-order valence-corrected chi connectivity index (χ4v) is 4.58. The van der Waals surface area contributed by atoms with Crippen molar-refractivity contribution in [3.05, 3.63) is 74.2 Å². The van der Waals surface area contributed by atoms with Gasteiger partial charge in [-0.3, -0.25) is 14.3 Å². The molecule has 178 valence electrons. The van der Waals surface area contributed by atoms with Gasteiger partial charge in [-0.15, -0.1) is 5.10 Å². The molecule has 1 fully saturated rings. The zero-order valence-electron chi connectivity index (χ0n) is 19.2. The first-order valence-corrected chi connectivity index (χ1v) is 12.0. The van der Waals surface area contributed by atoms with Gasteiger partial charge in [0.25, 0.3) is 5.56 Å². The summed E-state index contributed by atoms with van der Waals surface area (Å²) < 4.78 is 3.26. The van der Waals surface area contributed by atoms with E-state index < -0.39 is 11.2 Å². The van der Waals surface area contributed by atoms with Crippen LogP contribution < -0.4 is 21.9 Å². The predicted octanol–water partition coefficient (Wildman–Crippen LogP) is 2.39. The van der Waals surface area contributed by atoms with E-state index >= 15 is 0 Å². The van der Waals surface area contributed by atoms with E-state index in [-0.39, 0.29) is 18.1 Å². The van der Waals surface area contributed by atoms with E-state index in [9.17, 15) is 9.59 Å². The van der Waals surface area contributed by atoms with Crippen LogP contribution in [-0.2, 0) is 13.1 Å². The molecule has 5 rings (SSSR count). The lowest BCUT2D eigenvalue weighted by molar-refractivity contribution is 0.570.